The monoisotopic (exact) mass is 379 g/mol. The zero-order valence-electron chi connectivity index (χ0n) is 12.7. The lowest BCUT2D eigenvalue weighted by Gasteiger charge is -2.10. The van der Waals surface area contributed by atoms with E-state index in [1.165, 1.54) is 12.1 Å². The Morgan fingerprint density at radius 3 is 2.61 bits per heavy atom. The molecule has 0 aromatic heterocycles. The van der Waals surface area contributed by atoms with Crippen LogP contribution < -0.4 is 5.32 Å². The highest BCUT2D eigenvalue weighted by molar-refractivity contribution is 9.10. The summed E-state index contributed by atoms with van der Waals surface area (Å²) in [6.45, 7) is 3.38. The molecule has 2 aromatic rings. The molecule has 2 rings (SSSR count). The number of nitrogens with one attached hydrogen (secondary N) is 1. The molecule has 0 heterocycles. The number of amides is 1. The Balaban J connectivity index is 1.96. The average molecular weight is 380 g/mol. The number of halogens is 2. The van der Waals surface area contributed by atoms with Crippen molar-refractivity contribution in [2.24, 2.45) is 0 Å². The summed E-state index contributed by atoms with van der Waals surface area (Å²) in [5.74, 6) is -1.79. The molecule has 6 heteroatoms. The van der Waals surface area contributed by atoms with Crippen molar-refractivity contribution in [2.75, 3.05) is 11.9 Å². The van der Waals surface area contributed by atoms with Crippen LogP contribution in [0.1, 0.15) is 21.5 Å². The molecular formula is C17H15BrFNO3. The summed E-state index contributed by atoms with van der Waals surface area (Å²) in [6, 6.07) is 9.27. The number of aryl methyl sites for hydroxylation is 2. The van der Waals surface area contributed by atoms with Gasteiger partial charge in [0.25, 0.3) is 5.91 Å². The SMILES string of the molecule is Cc1ccc(NC(=O)COC(=O)c2cc(F)ccc2Br)c(C)c1. The Kier molecular flexibility index (Phi) is 5.50. The summed E-state index contributed by atoms with van der Waals surface area (Å²) in [4.78, 5) is 23.8. The van der Waals surface area contributed by atoms with E-state index in [-0.39, 0.29) is 5.56 Å². The zero-order valence-corrected chi connectivity index (χ0v) is 14.2. The Morgan fingerprint density at radius 1 is 1.17 bits per heavy atom. The summed E-state index contributed by atoms with van der Waals surface area (Å²) in [5.41, 5.74) is 2.69. The lowest BCUT2D eigenvalue weighted by molar-refractivity contribution is -0.119. The van der Waals surface area contributed by atoms with Crippen LogP contribution in [0.25, 0.3) is 0 Å². The predicted molar refractivity (Wildman–Crippen MR) is 88.9 cm³/mol. The normalized spacial score (nSPS) is 10.3. The standard InChI is InChI=1S/C17H15BrFNO3/c1-10-3-6-15(11(2)7-10)20-16(21)9-23-17(22)13-8-12(19)4-5-14(13)18/h3-8H,9H2,1-2H3,(H,20,21). The van der Waals surface area contributed by atoms with E-state index in [1.807, 2.05) is 26.0 Å². The van der Waals surface area contributed by atoms with Gasteiger partial charge in [0.2, 0.25) is 0 Å². The molecule has 1 N–H and O–H groups in total. The maximum atomic E-state index is 13.2. The van der Waals surface area contributed by atoms with E-state index < -0.39 is 24.3 Å². The average Bonchev–Trinajstić information content (AvgIpc) is 2.50. The van der Waals surface area contributed by atoms with Crippen molar-refractivity contribution in [1.29, 1.82) is 0 Å². The molecular weight excluding hydrogens is 365 g/mol. The number of anilines is 1. The highest BCUT2D eigenvalue weighted by Crippen LogP contribution is 2.19. The molecule has 0 radical (unpaired) electrons. The molecule has 0 unspecified atom stereocenters. The van der Waals surface area contributed by atoms with Gasteiger partial charge >= 0.3 is 5.97 Å². The lowest BCUT2D eigenvalue weighted by atomic mass is 10.1. The van der Waals surface area contributed by atoms with Crippen LogP contribution in [0.4, 0.5) is 10.1 Å². The lowest BCUT2D eigenvalue weighted by Crippen LogP contribution is -2.21. The Hall–Kier alpha value is -2.21. The molecule has 4 nitrogen and oxygen atoms in total. The smallest absolute Gasteiger partial charge is 0.339 e. The van der Waals surface area contributed by atoms with Gasteiger partial charge in [-0.15, -0.1) is 0 Å². The van der Waals surface area contributed by atoms with E-state index in [2.05, 4.69) is 21.2 Å². The molecule has 0 saturated heterocycles. The molecule has 0 fully saturated rings. The first-order valence-corrected chi connectivity index (χ1v) is 7.65. The Labute approximate surface area is 141 Å². The number of hydrogen-bond acceptors (Lipinski definition) is 3. The minimum Gasteiger partial charge on any atom is -0.452 e. The molecule has 1 amide bonds. The molecule has 0 spiro atoms. The van der Waals surface area contributed by atoms with Gasteiger partial charge in [-0.2, -0.15) is 0 Å². The van der Waals surface area contributed by atoms with Crippen LogP contribution in [0.5, 0.6) is 0 Å². The highest BCUT2D eigenvalue weighted by atomic mass is 79.9. The first-order valence-electron chi connectivity index (χ1n) is 6.86. The van der Waals surface area contributed by atoms with Gasteiger partial charge in [0.05, 0.1) is 5.56 Å². The number of carbonyl (C=O) groups excluding carboxylic acids is 2. The Bertz CT molecular complexity index is 761. The van der Waals surface area contributed by atoms with Gasteiger partial charge in [0.15, 0.2) is 6.61 Å². The molecule has 0 aliphatic rings. The highest BCUT2D eigenvalue weighted by Gasteiger charge is 2.15. The van der Waals surface area contributed by atoms with E-state index in [0.717, 1.165) is 17.2 Å². The van der Waals surface area contributed by atoms with E-state index in [4.69, 9.17) is 4.74 Å². The van der Waals surface area contributed by atoms with Crippen molar-refractivity contribution in [3.05, 3.63) is 63.4 Å². The third-order valence-corrected chi connectivity index (χ3v) is 3.83. The predicted octanol–water partition coefficient (Wildman–Crippen LogP) is 4.00. The molecule has 0 aliphatic heterocycles. The number of ether oxygens (including phenoxy) is 1. The second-order valence-corrected chi connectivity index (χ2v) is 5.92. The number of benzene rings is 2. The molecule has 120 valence electrons. The second-order valence-electron chi connectivity index (χ2n) is 5.07. The summed E-state index contributed by atoms with van der Waals surface area (Å²) < 4.78 is 18.5. The van der Waals surface area contributed by atoms with E-state index in [9.17, 15) is 14.0 Å². The van der Waals surface area contributed by atoms with Crippen LogP contribution in [0, 0.1) is 19.7 Å². The third-order valence-electron chi connectivity index (χ3n) is 3.14. The van der Waals surface area contributed by atoms with Crippen molar-refractivity contribution in [1.82, 2.24) is 0 Å². The summed E-state index contributed by atoms with van der Waals surface area (Å²) in [5, 5.41) is 2.67. The fourth-order valence-electron chi connectivity index (χ4n) is 2.00. The van der Waals surface area contributed by atoms with Crippen molar-refractivity contribution >= 4 is 33.5 Å². The van der Waals surface area contributed by atoms with Crippen LogP contribution >= 0.6 is 15.9 Å². The molecule has 2 aromatic carbocycles. The second kappa shape index (κ2) is 7.37. The van der Waals surface area contributed by atoms with E-state index in [0.29, 0.717) is 10.2 Å². The zero-order chi connectivity index (χ0) is 17.0. The van der Waals surface area contributed by atoms with Crippen LogP contribution in [0.3, 0.4) is 0 Å². The third kappa shape index (κ3) is 4.63. The first-order chi connectivity index (χ1) is 10.9. The van der Waals surface area contributed by atoms with Crippen LogP contribution in [0.2, 0.25) is 0 Å². The number of rotatable bonds is 4. The fraction of sp³-hybridized carbons (Fsp3) is 0.176. The van der Waals surface area contributed by atoms with Crippen molar-refractivity contribution in [3.63, 3.8) is 0 Å². The topological polar surface area (TPSA) is 55.4 Å². The molecule has 0 bridgehead atoms. The fourth-order valence-corrected chi connectivity index (χ4v) is 2.41. The van der Waals surface area contributed by atoms with Crippen molar-refractivity contribution < 1.29 is 18.7 Å². The maximum absolute atomic E-state index is 13.2. The van der Waals surface area contributed by atoms with Gasteiger partial charge in [0.1, 0.15) is 5.82 Å². The summed E-state index contributed by atoms with van der Waals surface area (Å²) in [7, 11) is 0. The largest absolute Gasteiger partial charge is 0.452 e. The summed E-state index contributed by atoms with van der Waals surface area (Å²) in [6.07, 6.45) is 0. The van der Waals surface area contributed by atoms with Gasteiger partial charge in [0, 0.05) is 10.2 Å². The molecule has 0 aliphatic carbocycles. The number of hydrogen-bond donors (Lipinski definition) is 1. The van der Waals surface area contributed by atoms with E-state index in [1.54, 1.807) is 6.07 Å². The molecule has 23 heavy (non-hydrogen) atoms. The Morgan fingerprint density at radius 2 is 1.91 bits per heavy atom. The van der Waals surface area contributed by atoms with Gasteiger partial charge in [-0.3, -0.25) is 4.79 Å². The molecule has 0 saturated carbocycles. The molecule has 0 atom stereocenters. The van der Waals surface area contributed by atoms with Gasteiger partial charge < -0.3 is 10.1 Å². The number of carbonyl (C=O) groups is 2. The van der Waals surface area contributed by atoms with Crippen LogP contribution in [0.15, 0.2) is 40.9 Å². The van der Waals surface area contributed by atoms with E-state index >= 15 is 0 Å². The van der Waals surface area contributed by atoms with Crippen molar-refractivity contribution in [2.45, 2.75) is 13.8 Å². The number of esters is 1. The van der Waals surface area contributed by atoms with Crippen LogP contribution in [-0.4, -0.2) is 18.5 Å². The maximum Gasteiger partial charge on any atom is 0.339 e. The minimum atomic E-state index is -0.771. The van der Waals surface area contributed by atoms with Crippen LogP contribution in [-0.2, 0) is 9.53 Å². The van der Waals surface area contributed by atoms with Gasteiger partial charge in [-0.1, -0.05) is 17.7 Å². The quantitative estimate of drug-likeness (QED) is 0.816. The van der Waals surface area contributed by atoms with Crippen molar-refractivity contribution in [3.8, 4) is 0 Å². The van der Waals surface area contributed by atoms with Gasteiger partial charge in [-0.05, 0) is 59.6 Å². The summed E-state index contributed by atoms with van der Waals surface area (Å²) >= 11 is 3.14. The van der Waals surface area contributed by atoms with Gasteiger partial charge in [-0.25, -0.2) is 9.18 Å². The first kappa shape index (κ1) is 17.1. The minimum absolute atomic E-state index is 0.0318.